The molecule has 2 aromatic carbocycles. The molecule has 8 heteroatoms. The van der Waals surface area contributed by atoms with Gasteiger partial charge in [0, 0.05) is 27.7 Å². The van der Waals surface area contributed by atoms with Crippen molar-refractivity contribution in [3.8, 4) is 16.9 Å². The second kappa shape index (κ2) is 8.23. The summed E-state index contributed by atoms with van der Waals surface area (Å²) in [7, 11) is 0. The van der Waals surface area contributed by atoms with Crippen molar-refractivity contribution in [1.82, 2.24) is 30.4 Å². The van der Waals surface area contributed by atoms with Gasteiger partial charge < -0.3 is 4.98 Å². The van der Waals surface area contributed by atoms with Crippen molar-refractivity contribution in [2.24, 2.45) is 5.10 Å². The summed E-state index contributed by atoms with van der Waals surface area (Å²) >= 11 is 0. The highest BCUT2D eigenvalue weighted by Gasteiger charge is 2.19. The number of para-hydroxylation sites is 2. The molecule has 1 amide bonds. The number of aromatic amines is 2. The molecule has 0 fully saturated rings. The third kappa shape index (κ3) is 3.71. The molecule has 0 saturated heterocycles. The molecule has 0 atom stereocenters. The quantitative estimate of drug-likeness (QED) is 0.280. The lowest BCUT2D eigenvalue weighted by molar-refractivity contribution is 0.0950. The molecule has 0 aliphatic rings. The van der Waals surface area contributed by atoms with Gasteiger partial charge in [-0.15, -0.1) is 0 Å². The van der Waals surface area contributed by atoms with E-state index < -0.39 is 0 Å². The highest BCUT2D eigenvalue weighted by atomic mass is 16.2. The Morgan fingerprint density at radius 2 is 1.82 bits per heavy atom. The van der Waals surface area contributed by atoms with E-state index in [1.807, 2.05) is 80.1 Å². The maximum absolute atomic E-state index is 12.6. The fourth-order valence-corrected chi connectivity index (χ4v) is 4.08. The van der Waals surface area contributed by atoms with Gasteiger partial charge in [0.15, 0.2) is 0 Å². The molecule has 3 N–H and O–H groups in total. The number of aryl methyl sites for hydroxylation is 2. The first-order valence-corrected chi connectivity index (χ1v) is 10.6. The van der Waals surface area contributed by atoms with Crippen molar-refractivity contribution < 1.29 is 4.79 Å². The number of carbonyl (C=O) groups is 1. The molecular weight excluding hydrogens is 414 g/mol. The zero-order valence-corrected chi connectivity index (χ0v) is 18.5. The summed E-state index contributed by atoms with van der Waals surface area (Å²) < 4.78 is 1.88. The number of benzene rings is 2. The van der Waals surface area contributed by atoms with Crippen LogP contribution in [-0.2, 0) is 0 Å². The van der Waals surface area contributed by atoms with E-state index in [0.29, 0.717) is 11.4 Å². The highest BCUT2D eigenvalue weighted by molar-refractivity contribution is 6.01. The maximum Gasteiger partial charge on any atom is 0.289 e. The first kappa shape index (κ1) is 20.4. The lowest BCUT2D eigenvalue weighted by atomic mass is 10.1. The Labute approximate surface area is 190 Å². The summed E-state index contributed by atoms with van der Waals surface area (Å²) in [5.41, 5.74) is 10.2. The summed E-state index contributed by atoms with van der Waals surface area (Å²) in [6.45, 7) is 5.90. The molecule has 0 aliphatic carbocycles. The van der Waals surface area contributed by atoms with E-state index in [9.17, 15) is 4.79 Å². The predicted octanol–water partition coefficient (Wildman–Crippen LogP) is 4.43. The molecule has 0 bridgehead atoms. The van der Waals surface area contributed by atoms with Crippen molar-refractivity contribution in [3.63, 3.8) is 0 Å². The Kier molecular flexibility index (Phi) is 5.10. The van der Waals surface area contributed by atoms with Crippen molar-refractivity contribution >= 4 is 23.0 Å². The monoisotopic (exact) mass is 437 g/mol. The summed E-state index contributed by atoms with van der Waals surface area (Å²) in [6.07, 6.45) is 1.65. The van der Waals surface area contributed by atoms with E-state index in [2.05, 4.69) is 30.8 Å². The van der Waals surface area contributed by atoms with Crippen LogP contribution in [0.3, 0.4) is 0 Å². The van der Waals surface area contributed by atoms with Crippen LogP contribution in [0.1, 0.15) is 33.1 Å². The maximum atomic E-state index is 12.6. The Morgan fingerprint density at radius 1 is 1.06 bits per heavy atom. The highest BCUT2D eigenvalue weighted by Crippen LogP contribution is 2.27. The topological polar surface area (TPSA) is 104 Å². The average molecular weight is 438 g/mol. The molecule has 3 heterocycles. The van der Waals surface area contributed by atoms with Gasteiger partial charge in [-0.2, -0.15) is 15.3 Å². The van der Waals surface area contributed by atoms with E-state index in [4.69, 9.17) is 0 Å². The predicted molar refractivity (Wildman–Crippen MR) is 129 cm³/mol. The summed E-state index contributed by atoms with van der Waals surface area (Å²) in [5, 5.41) is 17.0. The van der Waals surface area contributed by atoms with Crippen LogP contribution in [0.2, 0.25) is 0 Å². The molecule has 0 aliphatic heterocycles. The second-order valence-corrected chi connectivity index (χ2v) is 7.87. The molecule has 0 radical (unpaired) electrons. The number of carbonyl (C=O) groups excluding carboxylic acids is 1. The van der Waals surface area contributed by atoms with E-state index in [0.717, 1.165) is 44.8 Å². The molecule has 3 aromatic heterocycles. The molecule has 5 rings (SSSR count). The molecule has 0 spiro atoms. The molecule has 5 aromatic rings. The van der Waals surface area contributed by atoms with Crippen molar-refractivity contribution in [3.05, 3.63) is 89.0 Å². The Balaban J connectivity index is 1.36. The third-order valence-corrected chi connectivity index (χ3v) is 5.67. The fourth-order valence-electron chi connectivity index (χ4n) is 4.08. The number of hydrogen-bond donors (Lipinski definition) is 3. The number of hydrogen-bond acceptors (Lipinski definition) is 4. The van der Waals surface area contributed by atoms with Gasteiger partial charge in [-0.25, -0.2) is 10.1 Å². The lowest BCUT2D eigenvalue weighted by Crippen LogP contribution is -2.18. The van der Waals surface area contributed by atoms with Gasteiger partial charge in [0.05, 0.1) is 29.0 Å². The first-order chi connectivity index (χ1) is 16.0. The standard InChI is InChI=1S/C25H23N7O/c1-15-20(19-11-7-8-12-21(19)27-15)14-26-30-25(33)23-13-22(28-29-23)24-16(2)31-32(17(24)3)18-9-5-4-6-10-18/h4-14,27H,1-3H3,(H,28,29)(H,30,33)/b26-14-. The van der Waals surface area contributed by atoms with Crippen LogP contribution in [0.5, 0.6) is 0 Å². The average Bonchev–Trinajstić information content (AvgIpc) is 3.50. The van der Waals surface area contributed by atoms with Crippen LogP contribution in [0.15, 0.2) is 65.8 Å². The Hall–Kier alpha value is -4.46. The van der Waals surface area contributed by atoms with Gasteiger partial charge in [0.25, 0.3) is 5.91 Å². The zero-order valence-electron chi connectivity index (χ0n) is 18.5. The molecule has 0 saturated carbocycles. The van der Waals surface area contributed by atoms with Gasteiger partial charge in [0.1, 0.15) is 5.69 Å². The second-order valence-electron chi connectivity index (χ2n) is 7.87. The number of nitrogens with one attached hydrogen (secondary N) is 3. The molecular formula is C25H23N7O. The van der Waals surface area contributed by atoms with Crippen LogP contribution in [-0.4, -0.2) is 37.1 Å². The number of hydrazone groups is 1. The fraction of sp³-hybridized carbons (Fsp3) is 0.120. The van der Waals surface area contributed by atoms with E-state index in [1.54, 1.807) is 12.3 Å². The zero-order chi connectivity index (χ0) is 22.9. The van der Waals surface area contributed by atoms with Crippen molar-refractivity contribution in [2.45, 2.75) is 20.8 Å². The van der Waals surface area contributed by atoms with E-state index >= 15 is 0 Å². The minimum Gasteiger partial charge on any atom is -0.358 e. The van der Waals surface area contributed by atoms with Crippen LogP contribution in [0.4, 0.5) is 0 Å². The molecule has 8 nitrogen and oxygen atoms in total. The number of amides is 1. The van der Waals surface area contributed by atoms with Crippen molar-refractivity contribution in [1.29, 1.82) is 0 Å². The molecule has 0 unspecified atom stereocenters. The number of H-pyrrole nitrogens is 2. The van der Waals surface area contributed by atoms with Crippen LogP contribution in [0.25, 0.3) is 27.8 Å². The minimum absolute atomic E-state index is 0.323. The van der Waals surface area contributed by atoms with Gasteiger partial charge in [-0.1, -0.05) is 36.4 Å². The SMILES string of the molecule is Cc1nn(-c2ccccc2)c(C)c1-c1cc(C(=O)N/N=C\c2c(C)[nH]c3ccccc23)[nH]n1. The third-order valence-electron chi connectivity index (χ3n) is 5.67. The van der Waals surface area contributed by atoms with Gasteiger partial charge in [0.2, 0.25) is 0 Å². The minimum atomic E-state index is -0.367. The number of nitrogens with zero attached hydrogens (tertiary/aromatic N) is 4. The Morgan fingerprint density at radius 3 is 2.64 bits per heavy atom. The van der Waals surface area contributed by atoms with E-state index in [1.165, 1.54) is 0 Å². The van der Waals surface area contributed by atoms with Crippen LogP contribution in [0, 0.1) is 20.8 Å². The number of rotatable bonds is 5. The van der Waals surface area contributed by atoms with Crippen molar-refractivity contribution in [2.75, 3.05) is 0 Å². The molecule has 164 valence electrons. The van der Waals surface area contributed by atoms with Crippen LogP contribution >= 0.6 is 0 Å². The summed E-state index contributed by atoms with van der Waals surface area (Å²) in [4.78, 5) is 16.0. The van der Waals surface area contributed by atoms with Crippen LogP contribution < -0.4 is 5.43 Å². The Bertz CT molecular complexity index is 1490. The van der Waals surface area contributed by atoms with E-state index in [-0.39, 0.29) is 5.91 Å². The van der Waals surface area contributed by atoms with Gasteiger partial charge in [-0.05, 0) is 45.0 Å². The summed E-state index contributed by atoms with van der Waals surface area (Å²) in [5.74, 6) is -0.367. The largest absolute Gasteiger partial charge is 0.358 e. The van der Waals surface area contributed by atoms with Gasteiger partial charge in [-0.3, -0.25) is 9.89 Å². The molecule has 33 heavy (non-hydrogen) atoms. The smallest absolute Gasteiger partial charge is 0.289 e. The normalized spacial score (nSPS) is 11.5. The number of aromatic nitrogens is 5. The number of fused-ring (bicyclic) bond motifs is 1. The summed E-state index contributed by atoms with van der Waals surface area (Å²) in [6, 6.07) is 19.6. The first-order valence-electron chi connectivity index (χ1n) is 10.6. The lowest BCUT2D eigenvalue weighted by Gasteiger charge is -2.04. The van der Waals surface area contributed by atoms with Gasteiger partial charge >= 0.3 is 0 Å².